The third-order valence-electron chi connectivity index (χ3n) is 5.18. The van der Waals surface area contributed by atoms with Crippen molar-refractivity contribution in [1.82, 2.24) is 4.90 Å². The standard InChI is InChI=1S/C16H32N2O/c1-2-4-15-5-3-9-18(10-6-15)14-16(13-17)7-11-19-12-8-16/h15H,2-14,17H2,1H3. The Balaban J connectivity index is 1.84. The van der Waals surface area contributed by atoms with Crippen LogP contribution in [-0.4, -0.2) is 44.3 Å². The van der Waals surface area contributed by atoms with E-state index in [2.05, 4.69) is 11.8 Å². The minimum absolute atomic E-state index is 0.336. The van der Waals surface area contributed by atoms with Gasteiger partial charge in [0.25, 0.3) is 0 Å². The van der Waals surface area contributed by atoms with Gasteiger partial charge in [-0.1, -0.05) is 19.8 Å². The van der Waals surface area contributed by atoms with Gasteiger partial charge in [-0.25, -0.2) is 0 Å². The highest BCUT2D eigenvalue weighted by Gasteiger charge is 2.33. The molecule has 2 N–H and O–H groups in total. The molecule has 2 heterocycles. The fourth-order valence-corrected chi connectivity index (χ4v) is 3.79. The molecule has 3 nitrogen and oxygen atoms in total. The quantitative estimate of drug-likeness (QED) is 0.833. The average Bonchev–Trinajstić information content (AvgIpc) is 2.66. The molecule has 0 aliphatic carbocycles. The molecule has 2 aliphatic rings. The summed E-state index contributed by atoms with van der Waals surface area (Å²) < 4.78 is 5.52. The highest BCUT2D eigenvalue weighted by Crippen LogP contribution is 2.32. The van der Waals surface area contributed by atoms with Gasteiger partial charge in [-0.3, -0.25) is 0 Å². The first-order chi connectivity index (χ1) is 9.28. The summed E-state index contributed by atoms with van der Waals surface area (Å²) in [4.78, 5) is 2.69. The molecule has 0 saturated carbocycles. The zero-order valence-electron chi connectivity index (χ0n) is 12.7. The lowest BCUT2D eigenvalue weighted by molar-refractivity contribution is 0.000225. The van der Waals surface area contributed by atoms with Gasteiger partial charge in [0.1, 0.15) is 0 Å². The van der Waals surface area contributed by atoms with Gasteiger partial charge in [0, 0.05) is 19.8 Å². The van der Waals surface area contributed by atoms with Gasteiger partial charge < -0.3 is 15.4 Å². The smallest absolute Gasteiger partial charge is 0.0472 e. The Labute approximate surface area is 118 Å². The Hall–Kier alpha value is -0.120. The third-order valence-corrected chi connectivity index (χ3v) is 5.18. The zero-order valence-corrected chi connectivity index (χ0v) is 12.7. The van der Waals surface area contributed by atoms with Crippen LogP contribution in [0, 0.1) is 11.3 Å². The first kappa shape index (κ1) is 15.3. The van der Waals surface area contributed by atoms with Crippen LogP contribution in [0.15, 0.2) is 0 Å². The summed E-state index contributed by atoms with van der Waals surface area (Å²) in [6, 6.07) is 0. The maximum Gasteiger partial charge on any atom is 0.0472 e. The number of nitrogens with two attached hydrogens (primary N) is 1. The first-order valence-electron chi connectivity index (χ1n) is 8.28. The Morgan fingerprint density at radius 1 is 1.21 bits per heavy atom. The van der Waals surface area contributed by atoms with Crippen LogP contribution in [0.3, 0.4) is 0 Å². The molecule has 0 radical (unpaired) electrons. The summed E-state index contributed by atoms with van der Waals surface area (Å²) in [6.07, 6.45) is 9.27. The topological polar surface area (TPSA) is 38.5 Å². The summed E-state index contributed by atoms with van der Waals surface area (Å²) >= 11 is 0. The molecule has 1 unspecified atom stereocenters. The molecule has 0 aromatic heterocycles. The van der Waals surface area contributed by atoms with Crippen LogP contribution in [0.25, 0.3) is 0 Å². The van der Waals surface area contributed by atoms with Crippen LogP contribution < -0.4 is 5.73 Å². The Bertz CT molecular complexity index is 251. The highest BCUT2D eigenvalue weighted by molar-refractivity contribution is 4.87. The van der Waals surface area contributed by atoms with Gasteiger partial charge in [0.15, 0.2) is 0 Å². The maximum atomic E-state index is 6.09. The predicted molar refractivity (Wildman–Crippen MR) is 80.2 cm³/mol. The van der Waals surface area contributed by atoms with Gasteiger partial charge in [-0.2, -0.15) is 0 Å². The molecule has 19 heavy (non-hydrogen) atoms. The molecule has 2 saturated heterocycles. The van der Waals surface area contributed by atoms with Crippen molar-refractivity contribution >= 4 is 0 Å². The maximum absolute atomic E-state index is 6.09. The second-order valence-electron chi connectivity index (χ2n) is 6.68. The molecule has 0 spiro atoms. The second-order valence-corrected chi connectivity index (χ2v) is 6.68. The molecule has 2 aliphatic heterocycles. The number of rotatable bonds is 5. The minimum atomic E-state index is 0.336. The summed E-state index contributed by atoms with van der Waals surface area (Å²) in [5, 5.41) is 0. The molecule has 112 valence electrons. The van der Waals surface area contributed by atoms with Gasteiger partial charge in [-0.05, 0) is 63.1 Å². The van der Waals surface area contributed by atoms with E-state index in [-0.39, 0.29) is 0 Å². The summed E-state index contributed by atoms with van der Waals surface area (Å²) in [5.41, 5.74) is 6.42. The Morgan fingerprint density at radius 2 is 2.00 bits per heavy atom. The van der Waals surface area contributed by atoms with Crippen molar-refractivity contribution in [1.29, 1.82) is 0 Å². The predicted octanol–water partition coefficient (Wildman–Crippen LogP) is 2.64. The van der Waals surface area contributed by atoms with Crippen molar-refractivity contribution in [2.24, 2.45) is 17.1 Å². The lowest BCUT2D eigenvalue weighted by Crippen LogP contribution is -2.46. The second kappa shape index (κ2) is 7.61. The van der Waals surface area contributed by atoms with Crippen molar-refractivity contribution in [2.75, 3.05) is 39.4 Å². The fraction of sp³-hybridized carbons (Fsp3) is 1.00. The van der Waals surface area contributed by atoms with Gasteiger partial charge in [0.05, 0.1) is 0 Å². The lowest BCUT2D eigenvalue weighted by Gasteiger charge is -2.40. The van der Waals surface area contributed by atoms with E-state index in [0.29, 0.717) is 5.41 Å². The largest absolute Gasteiger partial charge is 0.381 e. The third kappa shape index (κ3) is 4.44. The molecular formula is C16H32N2O. The highest BCUT2D eigenvalue weighted by atomic mass is 16.5. The molecule has 0 aromatic rings. The average molecular weight is 268 g/mol. The van der Waals surface area contributed by atoms with Crippen LogP contribution >= 0.6 is 0 Å². The van der Waals surface area contributed by atoms with E-state index in [9.17, 15) is 0 Å². The van der Waals surface area contributed by atoms with Crippen LogP contribution in [0.2, 0.25) is 0 Å². The molecular weight excluding hydrogens is 236 g/mol. The van der Waals surface area contributed by atoms with E-state index in [1.165, 1.54) is 51.7 Å². The van der Waals surface area contributed by atoms with Crippen molar-refractivity contribution in [2.45, 2.75) is 51.9 Å². The number of likely N-dealkylation sites (tertiary alicyclic amines) is 1. The number of hydrogen-bond acceptors (Lipinski definition) is 3. The molecule has 0 aromatic carbocycles. The van der Waals surface area contributed by atoms with Crippen molar-refractivity contribution in [3.63, 3.8) is 0 Å². The summed E-state index contributed by atoms with van der Waals surface area (Å²) in [6.45, 7) is 8.72. The van der Waals surface area contributed by atoms with E-state index in [0.717, 1.165) is 38.5 Å². The first-order valence-corrected chi connectivity index (χ1v) is 8.28. The van der Waals surface area contributed by atoms with Crippen LogP contribution in [0.5, 0.6) is 0 Å². The van der Waals surface area contributed by atoms with Gasteiger partial charge >= 0.3 is 0 Å². The van der Waals surface area contributed by atoms with E-state index < -0.39 is 0 Å². The van der Waals surface area contributed by atoms with Crippen LogP contribution in [0.4, 0.5) is 0 Å². The summed E-state index contributed by atoms with van der Waals surface area (Å²) in [7, 11) is 0. The number of ether oxygens (including phenoxy) is 1. The number of hydrogen-bond donors (Lipinski definition) is 1. The van der Waals surface area contributed by atoms with Crippen LogP contribution in [-0.2, 0) is 4.74 Å². The van der Waals surface area contributed by atoms with Crippen LogP contribution in [0.1, 0.15) is 51.9 Å². The van der Waals surface area contributed by atoms with E-state index in [1.807, 2.05) is 0 Å². The van der Waals surface area contributed by atoms with Gasteiger partial charge in [0.2, 0.25) is 0 Å². The SMILES string of the molecule is CCCC1CCCN(CC2(CN)CCOCC2)CC1. The fourth-order valence-electron chi connectivity index (χ4n) is 3.79. The van der Waals surface area contributed by atoms with E-state index in [1.54, 1.807) is 0 Å². The Kier molecular flexibility index (Phi) is 6.11. The monoisotopic (exact) mass is 268 g/mol. The molecule has 3 heteroatoms. The normalized spacial score (nSPS) is 29.1. The van der Waals surface area contributed by atoms with E-state index in [4.69, 9.17) is 10.5 Å². The molecule has 0 bridgehead atoms. The molecule has 2 rings (SSSR count). The van der Waals surface area contributed by atoms with E-state index >= 15 is 0 Å². The Morgan fingerprint density at radius 3 is 2.68 bits per heavy atom. The molecule has 0 amide bonds. The summed E-state index contributed by atoms with van der Waals surface area (Å²) in [5.74, 6) is 0.971. The van der Waals surface area contributed by atoms with Gasteiger partial charge in [-0.15, -0.1) is 0 Å². The number of nitrogens with zero attached hydrogens (tertiary/aromatic N) is 1. The molecule has 2 fully saturated rings. The minimum Gasteiger partial charge on any atom is -0.381 e. The van der Waals surface area contributed by atoms with Crippen molar-refractivity contribution in [3.8, 4) is 0 Å². The van der Waals surface area contributed by atoms with Crippen molar-refractivity contribution < 1.29 is 4.74 Å². The molecule has 1 atom stereocenters. The van der Waals surface area contributed by atoms with Crippen molar-refractivity contribution in [3.05, 3.63) is 0 Å². The zero-order chi connectivity index (χ0) is 13.6. The lowest BCUT2D eigenvalue weighted by atomic mass is 9.79.